The Morgan fingerprint density at radius 2 is 1.90 bits per heavy atom. The number of rotatable bonds is 4. The number of hydrogen-bond acceptors (Lipinski definition) is 6. The third-order valence-electron chi connectivity index (χ3n) is 4.65. The molecule has 8 nitrogen and oxygen atoms in total. The summed E-state index contributed by atoms with van der Waals surface area (Å²) in [6.07, 6.45) is -1.04. The Bertz CT molecular complexity index is 973. The number of fused-ring (bicyclic) bond motifs is 2. The molecule has 2 aliphatic rings. The maximum absolute atomic E-state index is 12.8. The van der Waals surface area contributed by atoms with Crippen molar-refractivity contribution in [2.24, 2.45) is 0 Å². The van der Waals surface area contributed by atoms with E-state index in [0.29, 0.717) is 41.7 Å². The van der Waals surface area contributed by atoms with Crippen LogP contribution in [0.5, 0.6) is 11.5 Å². The highest BCUT2D eigenvalue weighted by molar-refractivity contribution is 6.11. The summed E-state index contributed by atoms with van der Waals surface area (Å²) in [5.74, 6) is -0.0764. The molecule has 2 amide bonds. The van der Waals surface area contributed by atoms with E-state index in [1.165, 1.54) is 11.8 Å². The second kappa shape index (κ2) is 7.83. The van der Waals surface area contributed by atoms with E-state index in [1.54, 1.807) is 42.5 Å². The molecule has 1 N–H and O–H groups in total. The van der Waals surface area contributed by atoms with Gasteiger partial charge in [0.2, 0.25) is 5.91 Å². The molecule has 1 atom stereocenters. The van der Waals surface area contributed by atoms with E-state index >= 15 is 0 Å². The molecule has 150 valence electrons. The molecule has 0 radical (unpaired) electrons. The summed E-state index contributed by atoms with van der Waals surface area (Å²) in [5.41, 5.74) is 1.82. The number of nitrogens with zero attached hydrogens (tertiary/aromatic N) is 1. The van der Waals surface area contributed by atoms with Crippen LogP contribution < -0.4 is 19.7 Å². The summed E-state index contributed by atoms with van der Waals surface area (Å²) in [6, 6.07) is 12.2. The molecule has 0 saturated carbocycles. The molecule has 0 spiro atoms. The van der Waals surface area contributed by atoms with E-state index in [1.807, 2.05) is 0 Å². The van der Waals surface area contributed by atoms with Crippen LogP contribution in [0.3, 0.4) is 0 Å². The maximum atomic E-state index is 12.8. The van der Waals surface area contributed by atoms with Crippen LogP contribution in [-0.2, 0) is 25.5 Å². The number of amides is 2. The highest BCUT2D eigenvalue weighted by Crippen LogP contribution is 2.31. The predicted molar refractivity (Wildman–Crippen MR) is 104 cm³/mol. The molecule has 0 aromatic heterocycles. The Morgan fingerprint density at radius 1 is 1.14 bits per heavy atom. The fourth-order valence-corrected chi connectivity index (χ4v) is 3.30. The van der Waals surface area contributed by atoms with Crippen molar-refractivity contribution in [1.29, 1.82) is 0 Å². The highest BCUT2D eigenvalue weighted by Gasteiger charge is 2.31. The monoisotopic (exact) mass is 396 g/mol. The van der Waals surface area contributed by atoms with Gasteiger partial charge >= 0.3 is 5.97 Å². The minimum absolute atomic E-state index is 0.00860. The molecule has 2 aliphatic heterocycles. The largest absolute Gasteiger partial charge is 0.486 e. The van der Waals surface area contributed by atoms with Gasteiger partial charge in [0, 0.05) is 0 Å². The highest BCUT2D eigenvalue weighted by atomic mass is 16.6. The Labute approximate surface area is 167 Å². The number of nitrogens with one attached hydrogen (secondary N) is 1. The lowest BCUT2D eigenvalue weighted by Crippen LogP contribution is -2.47. The molecule has 0 unspecified atom stereocenters. The summed E-state index contributed by atoms with van der Waals surface area (Å²) in [5, 5.41) is 2.72. The van der Waals surface area contributed by atoms with Crippen LogP contribution in [0.25, 0.3) is 0 Å². The van der Waals surface area contributed by atoms with Gasteiger partial charge in [0.25, 0.3) is 5.91 Å². The lowest BCUT2D eigenvalue weighted by Gasteiger charge is -2.30. The first-order valence-corrected chi connectivity index (χ1v) is 9.29. The van der Waals surface area contributed by atoms with Crippen molar-refractivity contribution in [3.05, 3.63) is 48.0 Å². The third kappa shape index (κ3) is 4.01. The van der Waals surface area contributed by atoms with E-state index in [-0.39, 0.29) is 18.9 Å². The van der Waals surface area contributed by atoms with Gasteiger partial charge in [-0.3, -0.25) is 19.3 Å². The first kappa shape index (κ1) is 18.8. The minimum Gasteiger partial charge on any atom is -0.486 e. The van der Waals surface area contributed by atoms with Gasteiger partial charge in [-0.2, -0.15) is 0 Å². The zero-order valence-electron chi connectivity index (χ0n) is 15.8. The summed E-state index contributed by atoms with van der Waals surface area (Å²) in [4.78, 5) is 38.4. The van der Waals surface area contributed by atoms with Crippen molar-refractivity contribution >= 4 is 29.2 Å². The maximum Gasteiger partial charge on any atom is 0.311 e. The predicted octanol–water partition coefficient (Wildman–Crippen LogP) is 1.92. The van der Waals surface area contributed by atoms with E-state index in [0.717, 1.165) is 0 Å². The SMILES string of the molecule is C[C@@H](OC(=O)Cc1ccc2c(c1)OCCO2)C(=O)N1CC(=O)Nc2ccccc21. The molecule has 8 heteroatoms. The number of anilines is 2. The number of benzene rings is 2. The van der Waals surface area contributed by atoms with Crippen molar-refractivity contribution in [2.75, 3.05) is 30.0 Å². The van der Waals surface area contributed by atoms with Crippen LogP contribution in [0.2, 0.25) is 0 Å². The van der Waals surface area contributed by atoms with Crippen LogP contribution in [0.4, 0.5) is 11.4 Å². The molecule has 0 aliphatic carbocycles. The van der Waals surface area contributed by atoms with Crippen LogP contribution >= 0.6 is 0 Å². The van der Waals surface area contributed by atoms with E-state index in [4.69, 9.17) is 14.2 Å². The standard InChI is InChI=1S/C21H20N2O6/c1-13(21(26)23-12-19(24)22-15-4-2-3-5-16(15)23)29-20(25)11-14-6-7-17-18(10-14)28-9-8-27-17/h2-7,10,13H,8-9,11-12H2,1H3,(H,22,24)/t13-/m1/s1. The molecule has 0 bridgehead atoms. The van der Waals surface area contributed by atoms with Crippen molar-refractivity contribution in [2.45, 2.75) is 19.4 Å². The first-order chi connectivity index (χ1) is 14.0. The van der Waals surface area contributed by atoms with Crippen LogP contribution in [0, 0.1) is 0 Å². The minimum atomic E-state index is -1.03. The van der Waals surface area contributed by atoms with Crippen LogP contribution in [0.1, 0.15) is 12.5 Å². The zero-order valence-corrected chi connectivity index (χ0v) is 15.8. The summed E-state index contributed by atoms with van der Waals surface area (Å²) in [6.45, 7) is 2.32. The quantitative estimate of drug-likeness (QED) is 0.794. The van der Waals surface area contributed by atoms with Gasteiger partial charge in [-0.05, 0) is 36.8 Å². The number of ether oxygens (including phenoxy) is 3. The summed E-state index contributed by atoms with van der Waals surface area (Å²) >= 11 is 0. The number of hydrogen-bond donors (Lipinski definition) is 1. The molecule has 29 heavy (non-hydrogen) atoms. The molecule has 2 aromatic carbocycles. The normalized spacial score (nSPS) is 15.8. The number of carbonyl (C=O) groups excluding carboxylic acids is 3. The Morgan fingerprint density at radius 3 is 2.72 bits per heavy atom. The molecule has 2 aromatic rings. The Balaban J connectivity index is 1.41. The topological polar surface area (TPSA) is 94.2 Å². The average Bonchev–Trinajstić information content (AvgIpc) is 2.72. The summed E-state index contributed by atoms with van der Waals surface area (Å²) < 4.78 is 16.3. The fourth-order valence-electron chi connectivity index (χ4n) is 3.30. The summed E-state index contributed by atoms with van der Waals surface area (Å²) in [7, 11) is 0. The fraction of sp³-hybridized carbons (Fsp3) is 0.286. The van der Waals surface area contributed by atoms with Gasteiger partial charge in [-0.25, -0.2) is 0 Å². The smallest absolute Gasteiger partial charge is 0.311 e. The Hall–Kier alpha value is -3.55. The molecule has 0 fully saturated rings. The molecular formula is C21H20N2O6. The third-order valence-corrected chi connectivity index (χ3v) is 4.65. The zero-order chi connectivity index (χ0) is 20.4. The van der Waals surface area contributed by atoms with Gasteiger partial charge < -0.3 is 19.5 Å². The van der Waals surface area contributed by atoms with Crippen molar-refractivity contribution in [3.63, 3.8) is 0 Å². The van der Waals surface area contributed by atoms with Gasteiger partial charge in [0.05, 0.1) is 17.8 Å². The van der Waals surface area contributed by atoms with Crippen molar-refractivity contribution in [1.82, 2.24) is 0 Å². The van der Waals surface area contributed by atoms with Gasteiger partial charge in [0.15, 0.2) is 17.6 Å². The number of esters is 1. The number of carbonyl (C=O) groups is 3. The average molecular weight is 396 g/mol. The van der Waals surface area contributed by atoms with Gasteiger partial charge in [0.1, 0.15) is 19.8 Å². The van der Waals surface area contributed by atoms with E-state index < -0.39 is 18.0 Å². The van der Waals surface area contributed by atoms with Crippen molar-refractivity contribution < 1.29 is 28.6 Å². The second-order valence-electron chi connectivity index (χ2n) is 6.78. The van der Waals surface area contributed by atoms with Crippen molar-refractivity contribution in [3.8, 4) is 11.5 Å². The lowest BCUT2D eigenvalue weighted by atomic mass is 10.1. The van der Waals surface area contributed by atoms with E-state index in [2.05, 4.69) is 5.32 Å². The molecule has 0 saturated heterocycles. The molecule has 4 rings (SSSR count). The van der Waals surface area contributed by atoms with Gasteiger partial charge in [-0.15, -0.1) is 0 Å². The first-order valence-electron chi connectivity index (χ1n) is 9.29. The number of para-hydroxylation sites is 2. The molecule has 2 heterocycles. The Kier molecular flexibility index (Phi) is 5.07. The molecular weight excluding hydrogens is 376 g/mol. The van der Waals surface area contributed by atoms with Crippen LogP contribution in [0.15, 0.2) is 42.5 Å². The lowest BCUT2D eigenvalue weighted by molar-refractivity contribution is -0.153. The van der Waals surface area contributed by atoms with E-state index in [9.17, 15) is 14.4 Å². The second-order valence-corrected chi connectivity index (χ2v) is 6.78. The van der Waals surface area contributed by atoms with Gasteiger partial charge in [-0.1, -0.05) is 18.2 Å². The van der Waals surface area contributed by atoms with Crippen LogP contribution in [-0.4, -0.2) is 43.6 Å².